The minimum absolute atomic E-state index is 0.219. The van der Waals surface area contributed by atoms with Crippen molar-refractivity contribution in [3.63, 3.8) is 0 Å². The summed E-state index contributed by atoms with van der Waals surface area (Å²) in [4.78, 5) is 0. The Balaban J connectivity index is 0.000000437. The van der Waals surface area contributed by atoms with E-state index >= 15 is 0 Å². The van der Waals surface area contributed by atoms with Crippen LogP contribution in [0.3, 0.4) is 0 Å². The number of hydrogen-bond donors (Lipinski definition) is 4. The Morgan fingerprint density at radius 3 is 0.941 bits per heavy atom. The molecule has 0 fully saturated rings. The van der Waals surface area contributed by atoms with Crippen LogP contribution in [0.2, 0.25) is 20.1 Å². The van der Waals surface area contributed by atoms with Crippen molar-refractivity contribution < 1.29 is 27.7 Å². The average Bonchev–Trinajstić information content (AvgIpc) is 2.18. The maximum atomic E-state index is 9.15. The van der Waals surface area contributed by atoms with Gasteiger partial charge in [0.1, 0.15) is 20.1 Å². The van der Waals surface area contributed by atoms with Gasteiger partial charge in [0.2, 0.25) is 0 Å². The Bertz CT molecular complexity index is 415. The molecule has 0 saturated carbocycles. The molecule has 0 heterocycles. The van der Waals surface area contributed by atoms with Crippen molar-refractivity contribution in [2.24, 2.45) is 0 Å². The first-order valence-electron chi connectivity index (χ1n) is 3.40. The van der Waals surface area contributed by atoms with Gasteiger partial charge in [-0.15, -0.1) is 0 Å². The molecule has 0 spiro atoms. The van der Waals surface area contributed by atoms with E-state index in [4.69, 9.17) is 74.1 Å². The fourth-order valence-electron chi connectivity index (χ4n) is 0.609. The lowest BCUT2D eigenvalue weighted by Crippen LogP contribution is -1.89. The fourth-order valence-corrected chi connectivity index (χ4v) is 1.44. The van der Waals surface area contributed by atoms with Crippen LogP contribution < -0.4 is 0 Å². The summed E-state index contributed by atoms with van der Waals surface area (Å²) >= 11 is 21.9. The molecule has 1 aromatic carbocycles. The van der Waals surface area contributed by atoms with E-state index in [9.17, 15) is 0 Å². The monoisotopic (exact) mass is 344 g/mol. The first kappa shape index (κ1) is 16.9. The summed E-state index contributed by atoms with van der Waals surface area (Å²) in [5.74, 6) is -0.878. The molecule has 0 atom stereocenters. The molecule has 0 radical (unpaired) electrons. The largest absolute Gasteiger partial charge is 0.505 e. The van der Waals surface area contributed by atoms with Crippen molar-refractivity contribution in [1.82, 2.24) is 0 Å². The topological polar surface area (TPSA) is 115 Å². The van der Waals surface area contributed by atoms with E-state index in [2.05, 4.69) is 0 Å². The molecule has 1 rings (SSSR count). The van der Waals surface area contributed by atoms with Gasteiger partial charge in [0, 0.05) is 0 Å². The van der Waals surface area contributed by atoms with Crippen LogP contribution >= 0.6 is 46.4 Å². The number of rotatable bonds is 0. The minimum Gasteiger partial charge on any atom is -0.505 e. The van der Waals surface area contributed by atoms with Crippen molar-refractivity contribution in [2.45, 2.75) is 0 Å². The molecule has 1 aromatic rings. The summed E-state index contributed by atoms with van der Waals surface area (Å²) in [6.45, 7) is 0. The molecule has 17 heavy (non-hydrogen) atoms. The molecule has 4 N–H and O–H groups in total. The van der Waals surface area contributed by atoms with Crippen molar-refractivity contribution in [3.05, 3.63) is 20.1 Å². The minimum atomic E-state index is -4.67. The van der Waals surface area contributed by atoms with Crippen molar-refractivity contribution in [3.8, 4) is 11.5 Å². The molecular formula is C6H4Cl4O6S. The molecule has 0 unspecified atom stereocenters. The Hall–Kier alpha value is -0.150. The standard InChI is InChI=1S/C6H2Cl4O2.H2O4S/c7-1-2(8)6(12)4(10)3(9)5(1)11;1-5(2,3)4/h11-12H;(H2,1,2,3,4). The van der Waals surface area contributed by atoms with Crippen molar-refractivity contribution in [2.75, 3.05) is 0 Å². The van der Waals surface area contributed by atoms with Crippen LogP contribution in [0.25, 0.3) is 0 Å². The number of benzene rings is 1. The third-order valence-corrected chi connectivity index (χ3v) is 2.88. The van der Waals surface area contributed by atoms with Crippen LogP contribution in [0.1, 0.15) is 0 Å². The third-order valence-electron chi connectivity index (χ3n) is 1.22. The zero-order valence-electron chi connectivity index (χ0n) is 7.53. The highest BCUT2D eigenvalue weighted by molar-refractivity contribution is 7.79. The molecule has 11 heteroatoms. The Labute approximate surface area is 116 Å². The predicted molar refractivity (Wildman–Crippen MR) is 64.0 cm³/mol. The molecule has 0 aromatic heterocycles. The third kappa shape index (κ3) is 5.35. The van der Waals surface area contributed by atoms with Gasteiger partial charge in [-0.2, -0.15) is 8.42 Å². The van der Waals surface area contributed by atoms with Crippen LogP contribution in [0, 0.1) is 0 Å². The van der Waals surface area contributed by atoms with E-state index < -0.39 is 21.9 Å². The average molecular weight is 346 g/mol. The van der Waals surface area contributed by atoms with Crippen LogP contribution in [-0.4, -0.2) is 27.7 Å². The second kappa shape index (κ2) is 6.14. The zero-order valence-corrected chi connectivity index (χ0v) is 11.4. The van der Waals surface area contributed by atoms with Crippen LogP contribution in [0.15, 0.2) is 0 Å². The van der Waals surface area contributed by atoms with Gasteiger partial charge < -0.3 is 10.2 Å². The van der Waals surface area contributed by atoms with Gasteiger partial charge in [0.05, 0.1) is 0 Å². The highest BCUT2D eigenvalue weighted by Crippen LogP contribution is 2.48. The normalized spacial score (nSPS) is 10.7. The van der Waals surface area contributed by atoms with Gasteiger partial charge in [-0.1, -0.05) is 46.4 Å². The molecule has 0 aliphatic heterocycles. The second-order valence-corrected chi connectivity index (χ2v) is 4.81. The predicted octanol–water partition coefficient (Wildman–Crippen LogP) is 3.06. The second-order valence-electron chi connectivity index (χ2n) is 2.40. The molecule has 0 bridgehead atoms. The number of aromatic hydroxyl groups is 2. The molecule has 6 nitrogen and oxygen atoms in total. The smallest absolute Gasteiger partial charge is 0.394 e. The van der Waals surface area contributed by atoms with E-state index in [1.54, 1.807) is 0 Å². The maximum Gasteiger partial charge on any atom is 0.394 e. The number of phenolic OH excluding ortho intramolecular Hbond substituents is 2. The summed E-state index contributed by atoms with van der Waals surface area (Å²) < 4.78 is 31.6. The highest BCUT2D eigenvalue weighted by Gasteiger charge is 2.18. The van der Waals surface area contributed by atoms with E-state index in [1.165, 1.54) is 0 Å². The summed E-state index contributed by atoms with van der Waals surface area (Å²) in [7, 11) is -4.67. The molecule has 0 amide bonds. The van der Waals surface area contributed by atoms with Crippen LogP contribution in [0.5, 0.6) is 11.5 Å². The number of halogens is 4. The van der Waals surface area contributed by atoms with E-state index in [1.807, 2.05) is 0 Å². The van der Waals surface area contributed by atoms with Gasteiger partial charge >= 0.3 is 10.4 Å². The quantitative estimate of drug-likeness (QED) is 0.326. The zero-order chi connectivity index (χ0) is 14.0. The Morgan fingerprint density at radius 2 is 0.824 bits per heavy atom. The van der Waals surface area contributed by atoms with Gasteiger partial charge in [-0.25, -0.2) is 0 Å². The summed E-state index contributed by atoms with van der Waals surface area (Å²) in [5, 5.41) is 17.4. The van der Waals surface area contributed by atoms with E-state index in [0.29, 0.717) is 0 Å². The highest BCUT2D eigenvalue weighted by atomic mass is 35.5. The maximum absolute atomic E-state index is 9.15. The van der Waals surface area contributed by atoms with Crippen molar-refractivity contribution >= 4 is 56.8 Å². The molecular weight excluding hydrogens is 342 g/mol. The SMILES string of the molecule is O=S(=O)(O)O.Oc1c(Cl)c(Cl)c(O)c(Cl)c1Cl. The van der Waals surface area contributed by atoms with Gasteiger partial charge in [-0.05, 0) is 0 Å². The first-order valence-corrected chi connectivity index (χ1v) is 6.31. The lowest BCUT2D eigenvalue weighted by atomic mass is 10.3. The molecule has 0 aliphatic rings. The first-order chi connectivity index (χ1) is 7.46. The van der Waals surface area contributed by atoms with Crippen LogP contribution in [0.4, 0.5) is 0 Å². The fraction of sp³-hybridized carbons (Fsp3) is 0. The van der Waals surface area contributed by atoms with Crippen LogP contribution in [-0.2, 0) is 10.4 Å². The summed E-state index contributed by atoms with van der Waals surface area (Å²) in [6.07, 6.45) is 0. The molecule has 0 saturated heterocycles. The lowest BCUT2D eigenvalue weighted by Gasteiger charge is -2.06. The van der Waals surface area contributed by atoms with Gasteiger partial charge in [-0.3, -0.25) is 9.11 Å². The number of phenols is 2. The van der Waals surface area contributed by atoms with E-state index in [-0.39, 0.29) is 20.1 Å². The number of hydrogen-bond acceptors (Lipinski definition) is 4. The molecule has 0 aliphatic carbocycles. The Morgan fingerprint density at radius 1 is 0.706 bits per heavy atom. The van der Waals surface area contributed by atoms with Gasteiger partial charge in [0.25, 0.3) is 0 Å². The Kier molecular flexibility index (Phi) is 6.09. The van der Waals surface area contributed by atoms with Crippen molar-refractivity contribution in [1.29, 1.82) is 0 Å². The summed E-state index contributed by atoms with van der Waals surface area (Å²) in [5.41, 5.74) is 0. The molecule has 98 valence electrons. The lowest BCUT2D eigenvalue weighted by molar-refractivity contribution is 0.381. The summed E-state index contributed by atoms with van der Waals surface area (Å²) in [6, 6.07) is 0. The van der Waals surface area contributed by atoms with E-state index in [0.717, 1.165) is 0 Å². The van der Waals surface area contributed by atoms with Gasteiger partial charge in [0.15, 0.2) is 11.5 Å².